The number of carbonyl (C=O) groups is 2. The third kappa shape index (κ3) is 4.41. The van der Waals surface area contributed by atoms with Gasteiger partial charge < -0.3 is 25.2 Å². The molecule has 3 atom stereocenters. The van der Waals surface area contributed by atoms with Crippen LogP contribution in [0.2, 0.25) is 0 Å². The van der Waals surface area contributed by atoms with Gasteiger partial charge in [0.05, 0.1) is 0 Å². The normalized spacial score (nSPS) is 24.5. The molecule has 0 saturated carbocycles. The summed E-state index contributed by atoms with van der Waals surface area (Å²) in [5.74, 6) is 0.242. The highest BCUT2D eigenvalue weighted by Crippen LogP contribution is 2.42. The van der Waals surface area contributed by atoms with Gasteiger partial charge in [0.1, 0.15) is 5.60 Å². The van der Waals surface area contributed by atoms with Gasteiger partial charge in [-0.1, -0.05) is 13.8 Å². The molecule has 0 aliphatic carbocycles. The maximum atomic E-state index is 12.4. The van der Waals surface area contributed by atoms with Gasteiger partial charge in [-0.3, -0.25) is 4.79 Å². The summed E-state index contributed by atoms with van der Waals surface area (Å²) in [6.45, 7) is 14.2. The van der Waals surface area contributed by atoms with Crippen molar-refractivity contribution < 1.29 is 14.3 Å². The van der Waals surface area contributed by atoms with E-state index in [-0.39, 0.29) is 30.0 Å². The lowest BCUT2D eigenvalue weighted by atomic mass is 9.81. The van der Waals surface area contributed by atoms with E-state index in [1.807, 2.05) is 31.7 Å². The van der Waals surface area contributed by atoms with Crippen LogP contribution in [0.4, 0.5) is 16.2 Å². The van der Waals surface area contributed by atoms with Crippen LogP contribution >= 0.6 is 0 Å². The quantitative estimate of drug-likeness (QED) is 0.798. The van der Waals surface area contributed by atoms with Crippen molar-refractivity contribution in [2.24, 2.45) is 11.7 Å². The summed E-state index contributed by atoms with van der Waals surface area (Å²) in [4.78, 5) is 30.6. The molecule has 0 spiro atoms. The first-order chi connectivity index (χ1) is 14.0. The number of fused-ring (bicyclic) bond motifs is 1. The first-order valence-corrected chi connectivity index (χ1v) is 11.0. The summed E-state index contributed by atoms with van der Waals surface area (Å²) >= 11 is 0. The highest BCUT2D eigenvalue weighted by Gasteiger charge is 2.38. The van der Waals surface area contributed by atoms with E-state index in [9.17, 15) is 9.59 Å². The number of carbonyl (C=O) groups excluding carboxylic acids is 2. The summed E-state index contributed by atoms with van der Waals surface area (Å²) in [7, 11) is 0. The zero-order chi connectivity index (χ0) is 22.2. The Hall–Kier alpha value is -2.28. The number of piperazine rings is 1. The van der Waals surface area contributed by atoms with Crippen LogP contribution in [0.3, 0.4) is 0 Å². The van der Waals surface area contributed by atoms with Crippen molar-refractivity contribution in [1.82, 2.24) is 4.90 Å². The first kappa shape index (κ1) is 22.4. The largest absolute Gasteiger partial charge is 0.444 e. The van der Waals surface area contributed by atoms with Crippen LogP contribution in [0, 0.1) is 5.92 Å². The molecule has 2 amide bonds. The van der Waals surface area contributed by atoms with Crippen LogP contribution in [0.5, 0.6) is 0 Å². The lowest BCUT2D eigenvalue weighted by molar-refractivity contribution is -0.117. The zero-order valence-electron chi connectivity index (χ0n) is 19.1. The molecule has 0 aromatic heterocycles. The molecular weight excluding hydrogens is 380 g/mol. The Kier molecular flexibility index (Phi) is 6.32. The number of benzene rings is 1. The van der Waals surface area contributed by atoms with Crippen molar-refractivity contribution in [3.8, 4) is 0 Å². The summed E-state index contributed by atoms with van der Waals surface area (Å²) < 4.78 is 5.49. The number of rotatable bonds is 2. The van der Waals surface area contributed by atoms with Gasteiger partial charge in [0.15, 0.2) is 0 Å². The van der Waals surface area contributed by atoms with Crippen molar-refractivity contribution in [2.75, 3.05) is 36.0 Å². The minimum Gasteiger partial charge on any atom is -0.444 e. The van der Waals surface area contributed by atoms with E-state index in [0.717, 1.165) is 36.4 Å². The molecule has 1 aromatic rings. The molecular formula is C23H36N4O3. The molecule has 0 bridgehead atoms. The number of amides is 2. The lowest BCUT2D eigenvalue weighted by Crippen LogP contribution is -2.51. The van der Waals surface area contributed by atoms with Gasteiger partial charge in [-0.05, 0) is 56.9 Å². The maximum Gasteiger partial charge on any atom is 0.410 e. The molecule has 7 heteroatoms. The lowest BCUT2D eigenvalue weighted by Gasteiger charge is -2.44. The van der Waals surface area contributed by atoms with Gasteiger partial charge in [-0.25, -0.2) is 4.79 Å². The van der Waals surface area contributed by atoms with Gasteiger partial charge in [0, 0.05) is 56.6 Å². The average molecular weight is 417 g/mol. The second kappa shape index (κ2) is 8.46. The molecule has 2 N–H and O–H groups in total. The minimum atomic E-state index is -0.488. The summed E-state index contributed by atoms with van der Waals surface area (Å²) in [6, 6.07) is 6.23. The van der Waals surface area contributed by atoms with E-state index in [1.54, 1.807) is 11.8 Å². The average Bonchev–Trinajstić information content (AvgIpc) is 2.68. The van der Waals surface area contributed by atoms with Crippen LogP contribution in [-0.4, -0.2) is 54.7 Å². The van der Waals surface area contributed by atoms with Gasteiger partial charge >= 0.3 is 6.09 Å². The fourth-order valence-electron chi connectivity index (χ4n) is 4.59. The van der Waals surface area contributed by atoms with E-state index in [4.69, 9.17) is 10.5 Å². The summed E-state index contributed by atoms with van der Waals surface area (Å²) in [5.41, 5.74) is 9.16. The predicted octanol–water partition coefficient (Wildman–Crippen LogP) is 3.52. The van der Waals surface area contributed by atoms with Crippen molar-refractivity contribution in [1.29, 1.82) is 0 Å². The Morgan fingerprint density at radius 1 is 1.17 bits per heavy atom. The van der Waals surface area contributed by atoms with Crippen LogP contribution in [-0.2, 0) is 9.53 Å². The van der Waals surface area contributed by atoms with E-state index < -0.39 is 5.60 Å². The van der Waals surface area contributed by atoms with E-state index in [1.165, 1.54) is 0 Å². The number of nitrogens with zero attached hydrogens (tertiary/aromatic N) is 3. The number of hydrogen-bond donors (Lipinski definition) is 1. The molecule has 1 unspecified atom stereocenters. The second-order valence-corrected chi connectivity index (χ2v) is 9.45. The second-order valence-electron chi connectivity index (χ2n) is 9.45. The van der Waals surface area contributed by atoms with E-state index in [2.05, 4.69) is 30.9 Å². The Balaban J connectivity index is 1.77. The topological polar surface area (TPSA) is 79.1 Å². The Labute approximate surface area is 180 Å². The predicted molar refractivity (Wildman–Crippen MR) is 120 cm³/mol. The Morgan fingerprint density at radius 3 is 2.33 bits per heavy atom. The third-order valence-electron chi connectivity index (χ3n) is 6.19. The van der Waals surface area contributed by atoms with E-state index in [0.29, 0.717) is 13.1 Å². The molecule has 7 nitrogen and oxygen atoms in total. The minimum absolute atomic E-state index is 0.0561. The summed E-state index contributed by atoms with van der Waals surface area (Å²) in [6.07, 6.45) is 0.619. The number of nitrogens with two attached hydrogens (primary N) is 1. The highest BCUT2D eigenvalue weighted by atomic mass is 16.6. The molecule has 1 aromatic carbocycles. The van der Waals surface area contributed by atoms with Crippen LogP contribution in [0.15, 0.2) is 18.2 Å². The molecule has 1 saturated heterocycles. The van der Waals surface area contributed by atoms with Crippen LogP contribution < -0.4 is 15.5 Å². The van der Waals surface area contributed by atoms with Gasteiger partial charge in [0.25, 0.3) is 0 Å². The number of ether oxygens (including phenoxy) is 1. The monoisotopic (exact) mass is 416 g/mol. The first-order valence-electron chi connectivity index (χ1n) is 11.0. The van der Waals surface area contributed by atoms with Crippen molar-refractivity contribution in [3.63, 3.8) is 0 Å². The molecule has 3 rings (SSSR count). The van der Waals surface area contributed by atoms with Crippen molar-refractivity contribution in [2.45, 2.75) is 65.6 Å². The molecule has 166 valence electrons. The van der Waals surface area contributed by atoms with Crippen molar-refractivity contribution >= 4 is 23.4 Å². The highest BCUT2D eigenvalue weighted by molar-refractivity contribution is 5.94. The zero-order valence-corrected chi connectivity index (χ0v) is 19.1. The fraction of sp³-hybridized carbons (Fsp3) is 0.652. The third-order valence-corrected chi connectivity index (χ3v) is 6.19. The van der Waals surface area contributed by atoms with Crippen LogP contribution in [0.1, 0.15) is 59.6 Å². The summed E-state index contributed by atoms with van der Waals surface area (Å²) in [5, 5.41) is 0. The van der Waals surface area contributed by atoms with Gasteiger partial charge in [-0.2, -0.15) is 0 Å². The SMILES string of the molecule is CCC1[C@H](C)[C@@H](N)c2cc(N3CCN(C(=O)OC(C)(C)C)CC3)ccc2N1C(C)=O. The number of hydrogen-bond acceptors (Lipinski definition) is 5. The molecule has 2 aliphatic rings. The maximum absolute atomic E-state index is 12.4. The molecule has 1 fully saturated rings. The molecule has 0 radical (unpaired) electrons. The molecule has 30 heavy (non-hydrogen) atoms. The molecule has 2 aliphatic heterocycles. The molecule has 2 heterocycles. The Morgan fingerprint density at radius 2 is 1.80 bits per heavy atom. The van der Waals surface area contributed by atoms with Crippen LogP contribution in [0.25, 0.3) is 0 Å². The standard InChI is InChI=1S/C23H36N4O3/c1-7-19-15(2)21(24)18-14-17(8-9-20(18)27(19)16(3)28)25-10-12-26(13-11-25)22(29)30-23(4,5)6/h8-9,14-15,19,21H,7,10-13,24H2,1-6H3/t15-,19?,21+/m0/s1. The number of anilines is 2. The smallest absolute Gasteiger partial charge is 0.410 e. The van der Waals surface area contributed by atoms with Gasteiger partial charge in [0.2, 0.25) is 5.91 Å². The van der Waals surface area contributed by atoms with Crippen molar-refractivity contribution in [3.05, 3.63) is 23.8 Å². The van der Waals surface area contributed by atoms with Gasteiger partial charge in [-0.15, -0.1) is 0 Å². The van der Waals surface area contributed by atoms with E-state index >= 15 is 0 Å². The fourth-order valence-corrected chi connectivity index (χ4v) is 4.59. The Bertz CT molecular complexity index is 796.